The number of ether oxygens (including phenoxy) is 1. The number of carbonyl (C=O) groups is 1. The smallest absolute Gasteiger partial charge is 0.340 e. The van der Waals surface area contributed by atoms with Crippen LogP contribution in [0.1, 0.15) is 54.0 Å². The van der Waals surface area contributed by atoms with Gasteiger partial charge in [-0.15, -0.1) is 10.2 Å². The number of benzene rings is 2. The second-order valence-corrected chi connectivity index (χ2v) is 8.64. The van der Waals surface area contributed by atoms with Crippen LogP contribution >= 0.6 is 0 Å². The highest BCUT2D eigenvalue weighted by molar-refractivity contribution is 5.89. The normalized spacial score (nSPS) is 15.1. The number of hydrogen-bond acceptors (Lipinski definition) is 6. The molecule has 7 nitrogen and oxygen atoms in total. The first-order chi connectivity index (χ1) is 17.6. The first kappa shape index (κ1) is 23.2. The number of aliphatic hydroxyl groups is 1. The largest absolute Gasteiger partial charge is 0.504 e. The number of esters is 1. The van der Waals surface area contributed by atoms with E-state index in [0.717, 1.165) is 64.8 Å². The molecule has 1 aliphatic rings. The van der Waals surface area contributed by atoms with Crippen molar-refractivity contribution in [3.8, 4) is 11.1 Å². The lowest BCUT2D eigenvalue weighted by atomic mass is 9.89. The summed E-state index contributed by atoms with van der Waals surface area (Å²) in [6.45, 7) is 2.16. The third-order valence-corrected chi connectivity index (χ3v) is 6.15. The summed E-state index contributed by atoms with van der Waals surface area (Å²) in [6, 6.07) is 20.1. The number of aliphatic hydroxyl groups excluding tert-OH is 1. The molecule has 1 unspecified atom stereocenters. The van der Waals surface area contributed by atoms with Crippen molar-refractivity contribution in [3.05, 3.63) is 119 Å². The molecule has 1 aliphatic heterocycles. The van der Waals surface area contributed by atoms with Crippen LogP contribution in [-0.2, 0) is 16.0 Å². The molecule has 2 aromatic heterocycles. The first-order valence-electron chi connectivity index (χ1n) is 12.0. The highest BCUT2D eigenvalue weighted by Crippen LogP contribution is 2.33. The molecule has 0 amide bonds. The lowest BCUT2D eigenvalue weighted by Crippen LogP contribution is -2.06. The van der Waals surface area contributed by atoms with Crippen LogP contribution < -0.4 is 0 Å². The predicted octanol–water partition coefficient (Wildman–Crippen LogP) is 5.73. The Bertz CT molecular complexity index is 1420. The van der Waals surface area contributed by atoms with Gasteiger partial charge in [0.15, 0.2) is 11.5 Å². The summed E-state index contributed by atoms with van der Waals surface area (Å²) in [5, 5.41) is 18.8. The van der Waals surface area contributed by atoms with E-state index in [1.165, 1.54) is 0 Å². The first-order valence-corrected chi connectivity index (χ1v) is 12.0. The van der Waals surface area contributed by atoms with Crippen LogP contribution in [0.25, 0.3) is 17.2 Å². The summed E-state index contributed by atoms with van der Waals surface area (Å²) >= 11 is 0. The molecule has 2 N–H and O–H groups in total. The van der Waals surface area contributed by atoms with E-state index in [9.17, 15) is 9.90 Å². The van der Waals surface area contributed by atoms with Gasteiger partial charge in [0.2, 0.25) is 0 Å². The number of aryl methyl sites for hydroxylation is 1. The van der Waals surface area contributed by atoms with Gasteiger partial charge in [0, 0.05) is 18.8 Å². The van der Waals surface area contributed by atoms with E-state index in [1.807, 2.05) is 36.4 Å². The minimum Gasteiger partial charge on any atom is -0.504 e. The Labute approximate surface area is 209 Å². The second-order valence-electron chi connectivity index (χ2n) is 8.64. The number of H-pyrrole nitrogens is 1. The van der Waals surface area contributed by atoms with Gasteiger partial charge in [-0.25, -0.2) is 4.79 Å². The number of nitrogens with one attached hydrogen (secondary N) is 1. The van der Waals surface area contributed by atoms with E-state index in [1.54, 1.807) is 18.5 Å². The van der Waals surface area contributed by atoms with Crippen molar-refractivity contribution in [2.75, 3.05) is 0 Å². The molecule has 3 heterocycles. The van der Waals surface area contributed by atoms with Gasteiger partial charge in [-0.3, -0.25) is 4.98 Å². The zero-order chi connectivity index (χ0) is 24.9. The van der Waals surface area contributed by atoms with E-state index in [0.29, 0.717) is 0 Å². The summed E-state index contributed by atoms with van der Waals surface area (Å²) in [7, 11) is 0. The maximum absolute atomic E-state index is 11.5. The van der Waals surface area contributed by atoms with Crippen molar-refractivity contribution in [1.82, 2.24) is 20.2 Å². The molecule has 4 aromatic rings. The van der Waals surface area contributed by atoms with E-state index < -0.39 is 5.97 Å². The van der Waals surface area contributed by atoms with E-state index in [2.05, 4.69) is 51.4 Å². The quantitative estimate of drug-likeness (QED) is 0.314. The van der Waals surface area contributed by atoms with Crippen LogP contribution in [0.4, 0.5) is 0 Å². The Morgan fingerprint density at radius 3 is 2.47 bits per heavy atom. The fourth-order valence-corrected chi connectivity index (χ4v) is 4.32. The van der Waals surface area contributed by atoms with Crippen LogP contribution in [0.15, 0.2) is 90.7 Å². The zero-order valence-corrected chi connectivity index (χ0v) is 19.9. The molecule has 7 heteroatoms. The van der Waals surface area contributed by atoms with Crippen LogP contribution in [0.2, 0.25) is 0 Å². The molecule has 0 saturated carbocycles. The molecule has 5 rings (SSSR count). The van der Waals surface area contributed by atoms with Crippen LogP contribution in [0, 0.1) is 0 Å². The van der Waals surface area contributed by atoms with Gasteiger partial charge >= 0.3 is 5.97 Å². The number of pyridine rings is 1. The number of hydrogen-bond donors (Lipinski definition) is 2. The van der Waals surface area contributed by atoms with Gasteiger partial charge in [0.1, 0.15) is 11.6 Å². The maximum Gasteiger partial charge on any atom is 0.340 e. The molecule has 0 bridgehead atoms. The van der Waals surface area contributed by atoms with Crippen LogP contribution in [-0.4, -0.2) is 31.2 Å². The summed E-state index contributed by atoms with van der Waals surface area (Å²) in [6.07, 6.45) is 9.35. The molecule has 36 heavy (non-hydrogen) atoms. The number of nitrogens with zero attached hydrogens (tertiary/aromatic N) is 3. The van der Waals surface area contributed by atoms with Crippen molar-refractivity contribution < 1.29 is 14.6 Å². The highest BCUT2D eigenvalue weighted by atomic mass is 16.6. The Morgan fingerprint density at radius 1 is 1.00 bits per heavy atom. The summed E-state index contributed by atoms with van der Waals surface area (Å²) in [5.74, 6) is 0.988. The molecule has 1 atom stereocenters. The average molecular weight is 479 g/mol. The summed E-state index contributed by atoms with van der Waals surface area (Å²) in [5.41, 5.74) is 4.93. The highest BCUT2D eigenvalue weighted by Gasteiger charge is 2.22. The monoisotopic (exact) mass is 478 g/mol. The fourth-order valence-electron chi connectivity index (χ4n) is 4.32. The number of cyclic esters (lactones) is 1. The Balaban J connectivity index is 1.49. The van der Waals surface area contributed by atoms with Crippen molar-refractivity contribution in [3.63, 3.8) is 0 Å². The number of unbranched alkanes of at least 4 members (excludes halogenated alkanes) is 1. The van der Waals surface area contributed by atoms with Gasteiger partial charge in [-0.1, -0.05) is 61.9 Å². The third-order valence-electron chi connectivity index (χ3n) is 6.15. The zero-order valence-electron chi connectivity index (χ0n) is 19.9. The van der Waals surface area contributed by atoms with Crippen molar-refractivity contribution in [2.24, 2.45) is 0 Å². The number of aromatic amines is 1. The minimum absolute atomic E-state index is 0.109. The number of rotatable bonds is 8. The molecule has 2 aromatic carbocycles. The lowest BCUT2D eigenvalue weighted by molar-refractivity contribution is -0.132. The molecule has 0 fully saturated rings. The summed E-state index contributed by atoms with van der Waals surface area (Å²) < 4.78 is 5.10. The molecule has 180 valence electrons. The number of carbonyl (C=O) groups excluding carboxylic acids is 1. The third kappa shape index (κ3) is 4.95. The van der Waals surface area contributed by atoms with E-state index in [4.69, 9.17) is 4.74 Å². The molecule has 0 saturated heterocycles. The van der Waals surface area contributed by atoms with E-state index >= 15 is 0 Å². The molecule has 0 radical (unpaired) electrons. The standard InChI is InChI=1S/C29H26N4O3/c1-2-3-8-26-31-29(33-32-26)28(21-13-15-30-16-14-21)20-11-9-19(10-12-20)23-7-5-4-6-22(23)17-25-24(34)18-27(35)36-25/h4-7,9-18,28,34H,2-3,8H2,1H3,(H,31,32,33)/b25-17-. The van der Waals surface area contributed by atoms with Gasteiger partial charge in [-0.05, 0) is 52.4 Å². The lowest BCUT2D eigenvalue weighted by Gasteiger charge is -2.16. The maximum atomic E-state index is 11.5. The van der Waals surface area contributed by atoms with Gasteiger partial charge < -0.3 is 14.8 Å². The predicted molar refractivity (Wildman–Crippen MR) is 137 cm³/mol. The van der Waals surface area contributed by atoms with Crippen LogP contribution in [0.3, 0.4) is 0 Å². The minimum atomic E-state index is -0.576. The second kappa shape index (κ2) is 10.4. The molecule has 0 aliphatic carbocycles. The Kier molecular flexibility index (Phi) is 6.71. The Morgan fingerprint density at radius 2 is 1.75 bits per heavy atom. The molecular weight excluding hydrogens is 452 g/mol. The van der Waals surface area contributed by atoms with E-state index in [-0.39, 0.29) is 17.4 Å². The van der Waals surface area contributed by atoms with Gasteiger partial charge in [-0.2, -0.15) is 0 Å². The topological polar surface area (TPSA) is 101 Å². The van der Waals surface area contributed by atoms with Crippen molar-refractivity contribution in [1.29, 1.82) is 0 Å². The molecular formula is C29H26N4O3. The Hall–Kier alpha value is -4.52. The van der Waals surface area contributed by atoms with Gasteiger partial charge in [0.25, 0.3) is 0 Å². The summed E-state index contributed by atoms with van der Waals surface area (Å²) in [4.78, 5) is 19.1. The van der Waals surface area contributed by atoms with Crippen molar-refractivity contribution >= 4 is 12.0 Å². The molecule has 0 spiro atoms. The number of aromatic nitrogens is 4. The average Bonchev–Trinajstić information content (AvgIpc) is 3.49. The SMILES string of the molecule is CCCCc1nnc(C(c2ccncc2)c2ccc(-c3ccccc3/C=C3\OC(=O)C=C3O)cc2)[nH]1. The van der Waals surface area contributed by atoms with Crippen LogP contribution in [0.5, 0.6) is 0 Å². The fraction of sp³-hybridized carbons (Fsp3) is 0.172. The van der Waals surface area contributed by atoms with Gasteiger partial charge in [0.05, 0.1) is 12.0 Å². The van der Waals surface area contributed by atoms with Crippen molar-refractivity contribution in [2.45, 2.75) is 32.1 Å².